The van der Waals surface area contributed by atoms with Gasteiger partial charge in [0.1, 0.15) is 0 Å². The Morgan fingerprint density at radius 2 is 1.88 bits per heavy atom. The first-order chi connectivity index (χ1) is 8.29. The van der Waals surface area contributed by atoms with Crippen LogP contribution >= 0.6 is 11.6 Å². The van der Waals surface area contributed by atoms with E-state index in [-0.39, 0.29) is 0 Å². The zero-order chi connectivity index (χ0) is 12.1. The third-order valence-electron chi connectivity index (χ3n) is 3.66. The Bertz CT molecular complexity index is 362. The van der Waals surface area contributed by atoms with Crippen LogP contribution in [0.5, 0.6) is 0 Å². The summed E-state index contributed by atoms with van der Waals surface area (Å²) < 4.78 is 0. The highest BCUT2D eigenvalue weighted by molar-refractivity contribution is 6.18. The molecular weight excluding hydrogens is 230 g/mol. The van der Waals surface area contributed by atoms with Gasteiger partial charge in [-0.05, 0) is 55.8 Å². The van der Waals surface area contributed by atoms with Gasteiger partial charge in [0.15, 0.2) is 0 Å². The molecule has 2 rings (SSSR count). The average molecular weight is 252 g/mol. The molecule has 0 aliphatic heterocycles. The van der Waals surface area contributed by atoms with E-state index in [1.165, 1.54) is 31.2 Å². The molecule has 1 nitrogen and oxygen atoms in total. The summed E-state index contributed by atoms with van der Waals surface area (Å²) in [6, 6.07) is 7.06. The SMILES string of the molecule is CN(CCCl)CCc1ccc2c(c1)CCCC2. The Morgan fingerprint density at radius 3 is 2.65 bits per heavy atom. The van der Waals surface area contributed by atoms with Crippen LogP contribution in [0.1, 0.15) is 29.5 Å². The molecule has 0 unspecified atom stereocenters. The topological polar surface area (TPSA) is 3.24 Å². The Hall–Kier alpha value is -0.530. The molecule has 1 aromatic carbocycles. The van der Waals surface area contributed by atoms with Gasteiger partial charge in [0.2, 0.25) is 0 Å². The van der Waals surface area contributed by atoms with E-state index in [4.69, 9.17) is 11.6 Å². The monoisotopic (exact) mass is 251 g/mol. The lowest BCUT2D eigenvalue weighted by Gasteiger charge is -2.18. The van der Waals surface area contributed by atoms with Crippen LogP contribution in [0.4, 0.5) is 0 Å². The van der Waals surface area contributed by atoms with E-state index in [0.717, 1.165) is 25.4 Å². The molecule has 0 heterocycles. The van der Waals surface area contributed by atoms with Crippen LogP contribution in [-0.4, -0.2) is 30.9 Å². The second-order valence-electron chi connectivity index (χ2n) is 5.05. The van der Waals surface area contributed by atoms with Crippen LogP contribution in [0.3, 0.4) is 0 Å². The van der Waals surface area contributed by atoms with E-state index in [9.17, 15) is 0 Å². The quantitative estimate of drug-likeness (QED) is 0.726. The number of nitrogens with zero attached hydrogens (tertiary/aromatic N) is 1. The van der Waals surface area contributed by atoms with Gasteiger partial charge in [0.25, 0.3) is 0 Å². The molecule has 0 bridgehead atoms. The van der Waals surface area contributed by atoms with E-state index in [0.29, 0.717) is 0 Å². The van der Waals surface area contributed by atoms with Gasteiger partial charge in [-0.15, -0.1) is 11.6 Å². The molecule has 0 radical (unpaired) electrons. The summed E-state index contributed by atoms with van der Waals surface area (Å²) in [7, 11) is 2.14. The van der Waals surface area contributed by atoms with Crippen molar-refractivity contribution in [2.24, 2.45) is 0 Å². The summed E-state index contributed by atoms with van der Waals surface area (Å²) in [6.07, 6.45) is 6.43. The Morgan fingerprint density at radius 1 is 1.12 bits per heavy atom. The van der Waals surface area contributed by atoms with Crippen LogP contribution in [0.2, 0.25) is 0 Å². The van der Waals surface area contributed by atoms with Crippen LogP contribution in [0, 0.1) is 0 Å². The number of hydrogen-bond donors (Lipinski definition) is 0. The van der Waals surface area contributed by atoms with Crippen molar-refractivity contribution in [1.29, 1.82) is 0 Å². The highest BCUT2D eigenvalue weighted by Gasteiger charge is 2.09. The highest BCUT2D eigenvalue weighted by Crippen LogP contribution is 2.22. The van der Waals surface area contributed by atoms with Crippen molar-refractivity contribution in [3.05, 3.63) is 34.9 Å². The lowest BCUT2D eigenvalue weighted by Crippen LogP contribution is -2.23. The molecule has 1 aliphatic rings. The number of benzene rings is 1. The number of fused-ring (bicyclic) bond motifs is 1. The van der Waals surface area contributed by atoms with Crippen molar-refractivity contribution in [3.63, 3.8) is 0 Å². The molecule has 0 atom stereocenters. The van der Waals surface area contributed by atoms with Gasteiger partial charge < -0.3 is 4.90 Å². The average Bonchev–Trinajstić information content (AvgIpc) is 2.36. The zero-order valence-corrected chi connectivity index (χ0v) is 11.5. The molecule has 94 valence electrons. The van der Waals surface area contributed by atoms with Crippen LogP contribution in [0.25, 0.3) is 0 Å². The minimum atomic E-state index is 0.723. The largest absolute Gasteiger partial charge is 0.305 e. The van der Waals surface area contributed by atoms with Gasteiger partial charge in [0, 0.05) is 19.0 Å². The normalized spacial score (nSPS) is 15.0. The summed E-state index contributed by atoms with van der Waals surface area (Å²) in [5.41, 5.74) is 4.65. The first kappa shape index (κ1) is 12.9. The maximum Gasteiger partial charge on any atom is 0.0351 e. The maximum absolute atomic E-state index is 5.73. The van der Waals surface area contributed by atoms with E-state index in [1.54, 1.807) is 11.1 Å². The van der Waals surface area contributed by atoms with Crippen molar-refractivity contribution in [1.82, 2.24) is 4.90 Å². The van der Waals surface area contributed by atoms with Crippen molar-refractivity contribution in [2.75, 3.05) is 26.0 Å². The summed E-state index contributed by atoms with van der Waals surface area (Å²) >= 11 is 5.73. The molecule has 0 saturated heterocycles. The van der Waals surface area contributed by atoms with E-state index in [2.05, 4.69) is 30.1 Å². The molecule has 0 aromatic heterocycles. The Balaban J connectivity index is 1.93. The summed E-state index contributed by atoms with van der Waals surface area (Å²) in [4.78, 5) is 2.30. The summed E-state index contributed by atoms with van der Waals surface area (Å²) in [5, 5.41) is 0. The van der Waals surface area contributed by atoms with Crippen LogP contribution in [0.15, 0.2) is 18.2 Å². The minimum Gasteiger partial charge on any atom is -0.305 e. The van der Waals surface area contributed by atoms with Crippen LogP contribution in [-0.2, 0) is 19.3 Å². The molecule has 0 saturated carbocycles. The van der Waals surface area contributed by atoms with Gasteiger partial charge in [-0.1, -0.05) is 18.2 Å². The lowest BCUT2D eigenvalue weighted by molar-refractivity contribution is 0.359. The highest BCUT2D eigenvalue weighted by atomic mass is 35.5. The molecule has 0 N–H and O–H groups in total. The van der Waals surface area contributed by atoms with Crippen molar-refractivity contribution >= 4 is 11.6 Å². The predicted molar refractivity (Wildman–Crippen MR) is 75.0 cm³/mol. The van der Waals surface area contributed by atoms with E-state index in [1.807, 2.05) is 0 Å². The molecular formula is C15H22ClN. The first-order valence-electron chi connectivity index (χ1n) is 6.65. The molecule has 0 spiro atoms. The number of rotatable bonds is 5. The van der Waals surface area contributed by atoms with Gasteiger partial charge in [-0.3, -0.25) is 0 Å². The molecule has 1 aliphatic carbocycles. The second-order valence-corrected chi connectivity index (χ2v) is 5.43. The predicted octanol–water partition coefficient (Wildman–Crippen LogP) is 3.28. The molecule has 0 fully saturated rings. The van der Waals surface area contributed by atoms with Crippen molar-refractivity contribution < 1.29 is 0 Å². The summed E-state index contributed by atoms with van der Waals surface area (Å²) in [5.74, 6) is 0.723. The number of aryl methyl sites for hydroxylation is 2. The van der Waals surface area contributed by atoms with Crippen molar-refractivity contribution in [2.45, 2.75) is 32.1 Å². The van der Waals surface area contributed by atoms with Gasteiger partial charge in [0.05, 0.1) is 0 Å². The minimum absolute atomic E-state index is 0.723. The van der Waals surface area contributed by atoms with Crippen LogP contribution < -0.4 is 0 Å². The number of hydrogen-bond acceptors (Lipinski definition) is 1. The lowest BCUT2D eigenvalue weighted by atomic mass is 9.90. The summed E-state index contributed by atoms with van der Waals surface area (Å²) in [6.45, 7) is 2.08. The number of likely N-dealkylation sites (N-methyl/N-ethyl adjacent to an activating group) is 1. The molecule has 0 amide bonds. The zero-order valence-electron chi connectivity index (χ0n) is 10.7. The molecule has 2 heteroatoms. The number of halogens is 1. The van der Waals surface area contributed by atoms with Gasteiger partial charge in [-0.25, -0.2) is 0 Å². The fourth-order valence-corrected chi connectivity index (χ4v) is 2.81. The maximum atomic E-state index is 5.73. The third-order valence-corrected chi connectivity index (χ3v) is 3.83. The van der Waals surface area contributed by atoms with Gasteiger partial charge in [-0.2, -0.15) is 0 Å². The third kappa shape index (κ3) is 3.72. The van der Waals surface area contributed by atoms with E-state index >= 15 is 0 Å². The standard InChI is InChI=1S/C15H22ClN/c1-17(11-9-16)10-8-13-6-7-14-4-2-3-5-15(14)12-13/h6-7,12H,2-5,8-11H2,1H3. The second kappa shape index (κ2) is 6.42. The Labute approximate surface area is 110 Å². The molecule has 1 aromatic rings. The first-order valence-corrected chi connectivity index (χ1v) is 7.18. The van der Waals surface area contributed by atoms with Gasteiger partial charge >= 0.3 is 0 Å². The number of alkyl halides is 1. The van der Waals surface area contributed by atoms with E-state index < -0.39 is 0 Å². The fourth-order valence-electron chi connectivity index (χ4n) is 2.52. The molecule has 17 heavy (non-hydrogen) atoms. The van der Waals surface area contributed by atoms with Crippen molar-refractivity contribution in [3.8, 4) is 0 Å². The Kier molecular flexibility index (Phi) is 4.87. The smallest absolute Gasteiger partial charge is 0.0351 e. The fraction of sp³-hybridized carbons (Fsp3) is 0.600.